The molecule has 1 fully saturated rings. The molecule has 1 aliphatic rings. The van der Waals surface area contributed by atoms with Crippen LogP contribution in [0.4, 0.5) is 5.69 Å². The second kappa shape index (κ2) is 4.97. The first-order valence-corrected chi connectivity index (χ1v) is 7.35. The van der Waals surface area contributed by atoms with E-state index in [1.54, 1.807) is 17.8 Å². The van der Waals surface area contributed by atoms with Crippen LogP contribution in [0.1, 0.15) is 16.6 Å². The van der Waals surface area contributed by atoms with Gasteiger partial charge >= 0.3 is 0 Å². The molecule has 2 rings (SSSR count). The van der Waals surface area contributed by atoms with Crippen LogP contribution in [-0.2, 0) is 10.8 Å². The van der Waals surface area contributed by atoms with E-state index in [4.69, 9.17) is 0 Å². The van der Waals surface area contributed by atoms with Crippen molar-refractivity contribution in [3.63, 3.8) is 0 Å². The van der Waals surface area contributed by atoms with Crippen molar-refractivity contribution in [1.29, 1.82) is 0 Å². The van der Waals surface area contributed by atoms with Gasteiger partial charge in [0.25, 0.3) is 5.69 Å². The van der Waals surface area contributed by atoms with Gasteiger partial charge in [-0.15, -0.1) is 11.8 Å². The molecule has 0 spiro atoms. The van der Waals surface area contributed by atoms with Crippen LogP contribution in [0.5, 0.6) is 0 Å². The molecule has 2 atom stereocenters. The topological polar surface area (TPSA) is 60.2 Å². The molecule has 0 aliphatic carbocycles. The third-order valence-corrected chi connectivity index (χ3v) is 5.94. The van der Waals surface area contributed by atoms with Crippen molar-refractivity contribution in [1.82, 2.24) is 0 Å². The lowest BCUT2D eigenvalue weighted by Crippen LogP contribution is -2.13. The maximum Gasteiger partial charge on any atom is 0.269 e. The smallest absolute Gasteiger partial charge is 0.258 e. The van der Waals surface area contributed by atoms with Crippen molar-refractivity contribution in [2.24, 2.45) is 0 Å². The summed E-state index contributed by atoms with van der Waals surface area (Å²) in [5.41, 5.74) is 0.873. The summed E-state index contributed by atoms with van der Waals surface area (Å²) in [6.45, 7) is 0. The first kappa shape index (κ1) is 11.6. The van der Waals surface area contributed by atoms with Crippen molar-refractivity contribution in [2.75, 3.05) is 11.5 Å². The number of nitrogens with zero attached hydrogens (tertiary/aromatic N) is 1. The van der Waals surface area contributed by atoms with Gasteiger partial charge < -0.3 is 0 Å². The van der Waals surface area contributed by atoms with Gasteiger partial charge in [-0.25, -0.2) is 0 Å². The Hall–Kier alpha value is -0.880. The number of hydrogen-bond acceptors (Lipinski definition) is 4. The van der Waals surface area contributed by atoms with Crippen LogP contribution in [-0.4, -0.2) is 20.6 Å². The van der Waals surface area contributed by atoms with Crippen LogP contribution < -0.4 is 0 Å². The van der Waals surface area contributed by atoms with Gasteiger partial charge in [0.15, 0.2) is 0 Å². The molecule has 0 bridgehead atoms. The monoisotopic (exact) mass is 257 g/mol. The zero-order chi connectivity index (χ0) is 11.5. The summed E-state index contributed by atoms with van der Waals surface area (Å²) in [5, 5.41) is 10.6. The van der Waals surface area contributed by atoms with E-state index >= 15 is 0 Å². The van der Waals surface area contributed by atoms with E-state index in [0.29, 0.717) is 5.75 Å². The van der Waals surface area contributed by atoms with E-state index < -0.39 is 15.7 Å². The Kier molecular flexibility index (Phi) is 3.60. The Morgan fingerprint density at radius 1 is 1.50 bits per heavy atom. The van der Waals surface area contributed by atoms with Gasteiger partial charge in [-0.2, -0.15) is 0 Å². The Bertz CT molecular complexity index is 436. The van der Waals surface area contributed by atoms with Crippen LogP contribution in [0, 0.1) is 10.1 Å². The minimum atomic E-state index is -0.910. The number of thioether (sulfide) groups is 1. The zero-order valence-electron chi connectivity index (χ0n) is 8.50. The molecule has 0 saturated carbocycles. The number of non-ortho nitro benzene ring substituents is 1. The fourth-order valence-electron chi connectivity index (χ4n) is 1.61. The highest BCUT2D eigenvalue weighted by Gasteiger charge is 2.24. The van der Waals surface area contributed by atoms with E-state index in [1.165, 1.54) is 12.1 Å². The van der Waals surface area contributed by atoms with Gasteiger partial charge in [0.1, 0.15) is 4.58 Å². The molecule has 1 aromatic carbocycles. The molecule has 4 nitrogen and oxygen atoms in total. The molecular weight excluding hydrogens is 246 g/mol. The number of benzene rings is 1. The zero-order valence-corrected chi connectivity index (χ0v) is 10.1. The van der Waals surface area contributed by atoms with E-state index in [2.05, 4.69) is 0 Å². The van der Waals surface area contributed by atoms with Gasteiger partial charge in [0, 0.05) is 28.7 Å². The molecule has 86 valence electrons. The van der Waals surface area contributed by atoms with Gasteiger partial charge in [-0.3, -0.25) is 14.3 Å². The first-order valence-electron chi connectivity index (χ1n) is 4.91. The van der Waals surface area contributed by atoms with E-state index in [1.807, 2.05) is 6.07 Å². The summed E-state index contributed by atoms with van der Waals surface area (Å²) in [6.07, 6.45) is 0.961. The molecule has 1 saturated heterocycles. The van der Waals surface area contributed by atoms with Gasteiger partial charge in [0.2, 0.25) is 0 Å². The Morgan fingerprint density at radius 2 is 2.31 bits per heavy atom. The average molecular weight is 257 g/mol. The fraction of sp³-hybridized carbons (Fsp3) is 0.400. The van der Waals surface area contributed by atoms with Crippen LogP contribution in [0.15, 0.2) is 24.3 Å². The predicted octanol–water partition coefficient (Wildman–Crippen LogP) is 2.48. The Balaban J connectivity index is 2.28. The van der Waals surface area contributed by atoms with Gasteiger partial charge in [-0.05, 0) is 17.7 Å². The second-order valence-corrected chi connectivity index (χ2v) is 6.65. The molecule has 0 radical (unpaired) electrons. The SMILES string of the molecule is O=[N+]([O-])c1cccc([C@H]2SCCC[S@@]2=O)c1. The van der Waals surface area contributed by atoms with Crippen LogP contribution in [0.2, 0.25) is 0 Å². The highest BCUT2D eigenvalue weighted by Crippen LogP contribution is 2.37. The summed E-state index contributed by atoms with van der Waals surface area (Å²) in [5.74, 6) is 1.67. The van der Waals surface area contributed by atoms with Crippen molar-refractivity contribution in [3.05, 3.63) is 39.9 Å². The largest absolute Gasteiger partial charge is 0.269 e. The number of nitro groups is 1. The van der Waals surface area contributed by atoms with E-state index in [-0.39, 0.29) is 10.3 Å². The normalized spacial score (nSPS) is 25.2. The van der Waals surface area contributed by atoms with Crippen molar-refractivity contribution in [3.8, 4) is 0 Å². The number of rotatable bonds is 2. The summed E-state index contributed by atoms with van der Waals surface area (Å²) >= 11 is 1.62. The summed E-state index contributed by atoms with van der Waals surface area (Å²) in [4.78, 5) is 10.2. The highest BCUT2D eigenvalue weighted by atomic mass is 32.2. The number of hydrogen-bond donors (Lipinski definition) is 0. The highest BCUT2D eigenvalue weighted by molar-refractivity contribution is 8.11. The molecule has 1 aliphatic heterocycles. The molecule has 0 amide bonds. The average Bonchev–Trinajstić information content (AvgIpc) is 2.30. The van der Waals surface area contributed by atoms with Crippen LogP contribution in [0.3, 0.4) is 0 Å². The molecule has 0 N–H and O–H groups in total. The van der Waals surface area contributed by atoms with Gasteiger partial charge in [0.05, 0.1) is 4.92 Å². The van der Waals surface area contributed by atoms with E-state index in [0.717, 1.165) is 17.7 Å². The predicted molar refractivity (Wildman–Crippen MR) is 65.9 cm³/mol. The Morgan fingerprint density at radius 3 is 3.00 bits per heavy atom. The third kappa shape index (κ3) is 2.44. The minimum absolute atomic E-state index is 0.0701. The molecule has 16 heavy (non-hydrogen) atoms. The summed E-state index contributed by atoms with van der Waals surface area (Å²) in [7, 11) is -0.910. The standard InChI is InChI=1S/C10H11NO3S2/c12-11(13)9-4-1-3-8(7-9)10-15-5-2-6-16(10)14/h1,3-4,7,10H,2,5-6H2/t10-,16-/m0/s1. The maximum absolute atomic E-state index is 11.8. The second-order valence-electron chi connectivity index (χ2n) is 3.49. The lowest BCUT2D eigenvalue weighted by molar-refractivity contribution is -0.384. The fourth-order valence-corrected chi connectivity index (χ4v) is 4.93. The van der Waals surface area contributed by atoms with Crippen molar-refractivity contribution >= 4 is 28.2 Å². The lowest BCUT2D eigenvalue weighted by atomic mass is 10.2. The molecule has 1 aromatic rings. The van der Waals surface area contributed by atoms with E-state index in [9.17, 15) is 14.3 Å². The third-order valence-electron chi connectivity index (χ3n) is 2.35. The summed E-state index contributed by atoms with van der Waals surface area (Å²) in [6, 6.07) is 6.45. The number of nitro benzene ring substituents is 1. The maximum atomic E-state index is 11.8. The Labute approximate surface area is 100 Å². The first-order chi connectivity index (χ1) is 7.68. The van der Waals surface area contributed by atoms with Crippen LogP contribution >= 0.6 is 11.8 Å². The summed E-state index contributed by atoms with van der Waals surface area (Å²) < 4.78 is 11.7. The molecule has 1 heterocycles. The molecule has 0 aromatic heterocycles. The van der Waals surface area contributed by atoms with Gasteiger partial charge in [-0.1, -0.05) is 12.1 Å². The molecular formula is C10H11NO3S2. The van der Waals surface area contributed by atoms with Crippen LogP contribution in [0.25, 0.3) is 0 Å². The lowest BCUT2D eigenvalue weighted by Gasteiger charge is -2.20. The molecule has 6 heteroatoms. The minimum Gasteiger partial charge on any atom is -0.258 e. The van der Waals surface area contributed by atoms with Crippen molar-refractivity contribution < 1.29 is 9.13 Å². The van der Waals surface area contributed by atoms with Crippen molar-refractivity contribution in [2.45, 2.75) is 11.0 Å². The molecule has 0 unspecified atom stereocenters. The quantitative estimate of drug-likeness (QED) is 0.603.